The molecule has 4 heterocycles. The van der Waals surface area contributed by atoms with Crippen LogP contribution in [-0.4, -0.2) is 77.0 Å². The monoisotopic (exact) mass is 488 g/mol. The molecule has 0 spiro atoms. The highest BCUT2D eigenvalue weighted by Gasteiger charge is 2.15. The molecule has 1 amide bonds. The number of hydrogen-bond donors (Lipinski definition) is 2. The molecule has 36 heavy (non-hydrogen) atoms. The molecule has 1 aliphatic heterocycles. The van der Waals surface area contributed by atoms with Crippen molar-refractivity contribution < 1.29 is 19.0 Å². The molecule has 10 heteroatoms. The van der Waals surface area contributed by atoms with Gasteiger partial charge in [-0.2, -0.15) is 0 Å². The molecule has 2 N–H and O–H groups in total. The number of aromatic nitrogens is 4. The number of fused-ring (bicyclic) bond motifs is 1. The second kappa shape index (κ2) is 11.1. The first-order valence-corrected chi connectivity index (χ1v) is 12.0. The van der Waals surface area contributed by atoms with Gasteiger partial charge in [0.25, 0.3) is 0 Å². The highest BCUT2D eigenvalue weighted by molar-refractivity contribution is 5.97. The Morgan fingerprint density at radius 2 is 2.03 bits per heavy atom. The molecule has 1 aromatic carbocycles. The van der Waals surface area contributed by atoms with Gasteiger partial charge in [-0.3, -0.25) is 15.2 Å². The minimum atomic E-state index is -0.565. The van der Waals surface area contributed by atoms with E-state index in [0.29, 0.717) is 24.0 Å². The molecule has 1 fully saturated rings. The maximum absolute atomic E-state index is 11.9. The van der Waals surface area contributed by atoms with Crippen LogP contribution in [0.3, 0.4) is 0 Å². The number of nitrogens with one attached hydrogen (secondary N) is 2. The predicted molar refractivity (Wildman–Crippen MR) is 136 cm³/mol. The molecule has 0 bridgehead atoms. The number of aromatic amines is 1. The van der Waals surface area contributed by atoms with Crippen LogP contribution in [0.4, 0.5) is 10.7 Å². The fourth-order valence-electron chi connectivity index (χ4n) is 4.07. The van der Waals surface area contributed by atoms with Crippen LogP contribution in [0, 0.1) is 0 Å². The van der Waals surface area contributed by atoms with Crippen molar-refractivity contribution in [2.24, 2.45) is 0 Å². The molecule has 5 rings (SSSR count). The molecule has 0 aliphatic carbocycles. The van der Waals surface area contributed by atoms with E-state index in [9.17, 15) is 4.79 Å². The standard InChI is InChI=1S/C26H28N6O4/c1-2-35-26(33)31-25-29-22-16-19(15-20(24(22)30-25)21-5-3-4-8-27-21)18-6-7-23(28-17-18)36-14-11-32-9-12-34-13-10-32/h3-8,15-17H,2,9-14H2,1H3,(H2,29,30,31,33). The summed E-state index contributed by atoms with van der Waals surface area (Å²) >= 11 is 0. The lowest BCUT2D eigenvalue weighted by atomic mass is 10.0. The molecule has 0 atom stereocenters. The molecule has 0 radical (unpaired) electrons. The van der Waals surface area contributed by atoms with Gasteiger partial charge in [-0.1, -0.05) is 6.07 Å². The van der Waals surface area contributed by atoms with Crippen LogP contribution < -0.4 is 10.1 Å². The Morgan fingerprint density at radius 3 is 2.78 bits per heavy atom. The van der Waals surface area contributed by atoms with Gasteiger partial charge >= 0.3 is 6.09 Å². The molecular formula is C26H28N6O4. The van der Waals surface area contributed by atoms with Crippen LogP contribution in [0.2, 0.25) is 0 Å². The molecule has 1 saturated heterocycles. The third-order valence-electron chi connectivity index (χ3n) is 5.85. The molecule has 3 aromatic heterocycles. The van der Waals surface area contributed by atoms with Crippen LogP contribution >= 0.6 is 0 Å². The van der Waals surface area contributed by atoms with Crippen molar-refractivity contribution in [2.45, 2.75) is 6.92 Å². The second-order valence-electron chi connectivity index (χ2n) is 8.25. The van der Waals surface area contributed by atoms with Crippen LogP contribution in [-0.2, 0) is 9.47 Å². The van der Waals surface area contributed by atoms with Gasteiger partial charge in [-0.25, -0.2) is 14.8 Å². The zero-order valence-corrected chi connectivity index (χ0v) is 20.1. The smallest absolute Gasteiger partial charge is 0.413 e. The summed E-state index contributed by atoms with van der Waals surface area (Å²) in [6, 6.07) is 13.6. The van der Waals surface area contributed by atoms with E-state index >= 15 is 0 Å². The van der Waals surface area contributed by atoms with E-state index < -0.39 is 6.09 Å². The van der Waals surface area contributed by atoms with Gasteiger partial charge in [0.15, 0.2) is 0 Å². The van der Waals surface area contributed by atoms with Crippen molar-refractivity contribution in [3.63, 3.8) is 0 Å². The summed E-state index contributed by atoms with van der Waals surface area (Å²) in [4.78, 5) is 31.0. The van der Waals surface area contributed by atoms with Crippen LogP contribution in [0.25, 0.3) is 33.4 Å². The third kappa shape index (κ3) is 5.61. The number of rotatable bonds is 8. The number of nitrogens with zero attached hydrogens (tertiary/aromatic N) is 4. The topological polar surface area (TPSA) is 114 Å². The number of carbonyl (C=O) groups is 1. The van der Waals surface area contributed by atoms with E-state index in [1.54, 1.807) is 19.3 Å². The fourth-order valence-corrected chi connectivity index (χ4v) is 4.07. The normalized spacial score (nSPS) is 14.0. The number of amides is 1. The first kappa shape index (κ1) is 23.7. The Morgan fingerprint density at radius 1 is 1.14 bits per heavy atom. The van der Waals surface area contributed by atoms with Crippen LogP contribution in [0.5, 0.6) is 5.88 Å². The van der Waals surface area contributed by atoms with Gasteiger partial charge in [0.2, 0.25) is 11.8 Å². The summed E-state index contributed by atoms with van der Waals surface area (Å²) in [7, 11) is 0. The fraction of sp³-hybridized carbons (Fsp3) is 0.308. The number of hydrogen-bond acceptors (Lipinski definition) is 8. The lowest BCUT2D eigenvalue weighted by Gasteiger charge is -2.26. The zero-order valence-electron chi connectivity index (χ0n) is 20.1. The van der Waals surface area contributed by atoms with Crippen molar-refractivity contribution in [3.05, 3.63) is 54.9 Å². The van der Waals surface area contributed by atoms with Gasteiger partial charge in [0, 0.05) is 49.2 Å². The number of imidazole rings is 1. The van der Waals surface area contributed by atoms with Gasteiger partial charge in [-0.05, 0) is 42.8 Å². The average molecular weight is 489 g/mol. The summed E-state index contributed by atoms with van der Waals surface area (Å²) in [6.07, 6.45) is 2.97. The number of carbonyl (C=O) groups excluding carboxylic acids is 1. The van der Waals surface area contributed by atoms with E-state index in [-0.39, 0.29) is 6.61 Å². The summed E-state index contributed by atoms with van der Waals surface area (Å²) < 4.78 is 16.2. The first-order valence-electron chi connectivity index (χ1n) is 12.0. The quantitative estimate of drug-likeness (QED) is 0.383. The summed E-state index contributed by atoms with van der Waals surface area (Å²) in [5.41, 5.74) is 4.91. The Labute approximate surface area is 208 Å². The highest BCUT2D eigenvalue weighted by atomic mass is 16.5. The number of pyridine rings is 2. The minimum Gasteiger partial charge on any atom is -0.476 e. The SMILES string of the molecule is CCOC(=O)Nc1nc2c(-c3ccccn3)cc(-c3ccc(OCCN4CCOCC4)nc3)cc2[nH]1. The van der Waals surface area contributed by atoms with Crippen molar-refractivity contribution >= 4 is 23.1 Å². The Kier molecular flexibility index (Phi) is 7.34. The van der Waals surface area contributed by atoms with E-state index in [1.807, 2.05) is 42.5 Å². The van der Waals surface area contributed by atoms with Gasteiger partial charge < -0.3 is 19.2 Å². The van der Waals surface area contributed by atoms with Crippen LogP contribution in [0.1, 0.15) is 6.92 Å². The number of ether oxygens (including phenoxy) is 3. The maximum atomic E-state index is 11.9. The number of benzene rings is 1. The summed E-state index contributed by atoms with van der Waals surface area (Å²) in [5.74, 6) is 0.889. The summed E-state index contributed by atoms with van der Waals surface area (Å²) in [5, 5.41) is 2.63. The van der Waals surface area contributed by atoms with Crippen molar-refractivity contribution in [1.29, 1.82) is 0 Å². The molecular weight excluding hydrogens is 460 g/mol. The van der Waals surface area contributed by atoms with Gasteiger partial charge in [-0.15, -0.1) is 0 Å². The first-order chi connectivity index (χ1) is 17.7. The third-order valence-corrected chi connectivity index (χ3v) is 5.85. The van der Waals surface area contributed by atoms with E-state index in [2.05, 4.69) is 30.2 Å². The van der Waals surface area contributed by atoms with Gasteiger partial charge in [0.1, 0.15) is 6.61 Å². The largest absolute Gasteiger partial charge is 0.476 e. The molecule has 186 valence electrons. The van der Waals surface area contributed by atoms with E-state index in [1.165, 1.54) is 0 Å². The minimum absolute atomic E-state index is 0.273. The zero-order chi connectivity index (χ0) is 24.7. The molecule has 0 unspecified atom stereocenters. The number of anilines is 1. The van der Waals surface area contributed by atoms with Crippen molar-refractivity contribution in [3.8, 4) is 28.3 Å². The number of H-pyrrole nitrogens is 1. The van der Waals surface area contributed by atoms with Gasteiger partial charge in [0.05, 0.1) is 36.5 Å². The Hall–Kier alpha value is -4.02. The van der Waals surface area contributed by atoms with E-state index in [4.69, 9.17) is 14.2 Å². The van der Waals surface area contributed by atoms with E-state index in [0.717, 1.165) is 60.7 Å². The lowest BCUT2D eigenvalue weighted by molar-refractivity contribution is 0.0320. The molecule has 4 aromatic rings. The Balaban J connectivity index is 1.38. The molecule has 1 aliphatic rings. The predicted octanol–water partition coefficient (Wildman–Crippen LogP) is 3.97. The lowest BCUT2D eigenvalue weighted by Crippen LogP contribution is -2.38. The van der Waals surface area contributed by atoms with Crippen molar-refractivity contribution in [1.82, 2.24) is 24.8 Å². The second-order valence-corrected chi connectivity index (χ2v) is 8.25. The number of morpholine rings is 1. The summed E-state index contributed by atoms with van der Waals surface area (Å²) in [6.45, 7) is 6.85. The Bertz CT molecular complexity index is 1300. The average Bonchev–Trinajstić information content (AvgIpc) is 3.32. The maximum Gasteiger partial charge on any atom is 0.413 e. The highest BCUT2D eigenvalue weighted by Crippen LogP contribution is 2.33. The molecule has 0 saturated carbocycles. The van der Waals surface area contributed by atoms with Crippen LogP contribution in [0.15, 0.2) is 54.9 Å². The van der Waals surface area contributed by atoms with Crippen molar-refractivity contribution in [2.75, 3.05) is 51.4 Å². The molecule has 10 nitrogen and oxygen atoms in total.